The highest BCUT2D eigenvalue weighted by Crippen LogP contribution is 2.42. The SMILES string of the molecule is CNC1COc2c1cc1ccccc1c2Br. The Labute approximate surface area is 103 Å². The van der Waals surface area contributed by atoms with Crippen LogP contribution in [0.25, 0.3) is 10.8 Å². The zero-order chi connectivity index (χ0) is 11.1. The predicted molar refractivity (Wildman–Crippen MR) is 68.9 cm³/mol. The third-order valence-corrected chi connectivity index (χ3v) is 3.88. The Morgan fingerprint density at radius 3 is 3.00 bits per heavy atom. The summed E-state index contributed by atoms with van der Waals surface area (Å²) < 4.78 is 6.80. The lowest BCUT2D eigenvalue weighted by atomic mass is 10.0. The second-order valence-corrected chi connectivity index (χ2v) is 4.78. The maximum Gasteiger partial charge on any atom is 0.139 e. The molecule has 0 amide bonds. The summed E-state index contributed by atoms with van der Waals surface area (Å²) in [4.78, 5) is 0. The first-order chi connectivity index (χ1) is 7.81. The van der Waals surface area contributed by atoms with Gasteiger partial charge < -0.3 is 10.1 Å². The van der Waals surface area contributed by atoms with Gasteiger partial charge in [-0.2, -0.15) is 0 Å². The fourth-order valence-electron chi connectivity index (χ4n) is 2.21. The van der Waals surface area contributed by atoms with E-state index in [0.717, 1.165) is 10.2 Å². The van der Waals surface area contributed by atoms with Crippen molar-refractivity contribution in [3.05, 3.63) is 40.4 Å². The number of nitrogens with one attached hydrogen (secondary N) is 1. The third kappa shape index (κ3) is 1.35. The van der Waals surface area contributed by atoms with Crippen molar-refractivity contribution in [2.24, 2.45) is 0 Å². The summed E-state index contributed by atoms with van der Waals surface area (Å²) in [6.45, 7) is 0.709. The summed E-state index contributed by atoms with van der Waals surface area (Å²) in [6, 6.07) is 10.9. The molecule has 0 saturated carbocycles. The molecule has 2 nitrogen and oxygen atoms in total. The molecule has 1 heterocycles. The van der Waals surface area contributed by atoms with Crippen molar-refractivity contribution in [3.8, 4) is 5.75 Å². The van der Waals surface area contributed by atoms with Gasteiger partial charge in [0.2, 0.25) is 0 Å². The molecule has 0 aromatic heterocycles. The van der Waals surface area contributed by atoms with E-state index in [2.05, 4.69) is 45.5 Å². The minimum atomic E-state index is 0.302. The Morgan fingerprint density at radius 1 is 1.38 bits per heavy atom. The normalized spacial score (nSPS) is 18.5. The Morgan fingerprint density at radius 2 is 2.19 bits per heavy atom. The first-order valence-corrected chi connectivity index (χ1v) is 6.12. The minimum absolute atomic E-state index is 0.302. The van der Waals surface area contributed by atoms with Gasteiger partial charge in [-0.05, 0) is 39.8 Å². The molecule has 3 heteroatoms. The van der Waals surface area contributed by atoms with Gasteiger partial charge in [-0.3, -0.25) is 0 Å². The van der Waals surface area contributed by atoms with Gasteiger partial charge in [-0.25, -0.2) is 0 Å². The van der Waals surface area contributed by atoms with E-state index in [1.165, 1.54) is 16.3 Å². The molecule has 0 saturated heterocycles. The van der Waals surface area contributed by atoms with E-state index in [1.807, 2.05) is 13.1 Å². The number of likely N-dealkylation sites (N-methyl/N-ethyl adjacent to an activating group) is 1. The average Bonchev–Trinajstić information content (AvgIpc) is 2.72. The summed E-state index contributed by atoms with van der Waals surface area (Å²) >= 11 is 3.64. The third-order valence-electron chi connectivity index (χ3n) is 3.09. The minimum Gasteiger partial charge on any atom is -0.490 e. The molecule has 2 aromatic carbocycles. The maximum atomic E-state index is 5.73. The number of halogens is 1. The van der Waals surface area contributed by atoms with E-state index in [0.29, 0.717) is 12.6 Å². The largest absolute Gasteiger partial charge is 0.490 e. The molecular formula is C13H12BrNO. The van der Waals surface area contributed by atoms with Gasteiger partial charge in [0, 0.05) is 5.56 Å². The highest BCUT2D eigenvalue weighted by molar-refractivity contribution is 9.10. The molecule has 2 aromatic rings. The Bertz CT molecular complexity index is 553. The van der Waals surface area contributed by atoms with E-state index >= 15 is 0 Å². The van der Waals surface area contributed by atoms with Gasteiger partial charge in [0.25, 0.3) is 0 Å². The van der Waals surface area contributed by atoms with Crippen molar-refractivity contribution in [1.82, 2.24) is 5.32 Å². The monoisotopic (exact) mass is 277 g/mol. The fourth-order valence-corrected chi connectivity index (χ4v) is 2.91. The van der Waals surface area contributed by atoms with Crippen molar-refractivity contribution < 1.29 is 4.74 Å². The molecule has 1 unspecified atom stereocenters. The van der Waals surface area contributed by atoms with Crippen LogP contribution < -0.4 is 10.1 Å². The van der Waals surface area contributed by atoms with Gasteiger partial charge in [0.1, 0.15) is 12.4 Å². The Balaban J connectivity index is 2.32. The number of benzene rings is 2. The van der Waals surface area contributed by atoms with Crippen LogP contribution in [0.2, 0.25) is 0 Å². The number of rotatable bonds is 1. The number of ether oxygens (including phenoxy) is 1. The van der Waals surface area contributed by atoms with Crippen molar-refractivity contribution in [2.75, 3.05) is 13.7 Å². The smallest absolute Gasteiger partial charge is 0.139 e. The van der Waals surface area contributed by atoms with Crippen LogP contribution in [-0.4, -0.2) is 13.7 Å². The zero-order valence-corrected chi connectivity index (χ0v) is 10.5. The van der Waals surface area contributed by atoms with Crippen LogP contribution >= 0.6 is 15.9 Å². The number of fused-ring (bicyclic) bond motifs is 2. The van der Waals surface area contributed by atoms with E-state index < -0.39 is 0 Å². The van der Waals surface area contributed by atoms with Crippen molar-refractivity contribution >= 4 is 26.7 Å². The fraction of sp³-hybridized carbons (Fsp3) is 0.231. The first-order valence-electron chi connectivity index (χ1n) is 5.32. The van der Waals surface area contributed by atoms with Crippen molar-refractivity contribution in [3.63, 3.8) is 0 Å². The standard InChI is InChI=1S/C13H12BrNO/c1-15-11-7-16-13-10(11)6-8-4-2-3-5-9(8)12(13)14/h2-6,11,15H,7H2,1H3. The van der Waals surface area contributed by atoms with Crippen LogP contribution in [0.5, 0.6) is 5.75 Å². The van der Waals surface area contributed by atoms with Crippen LogP contribution in [0.1, 0.15) is 11.6 Å². The lowest BCUT2D eigenvalue weighted by Crippen LogP contribution is -2.17. The molecule has 0 bridgehead atoms. The van der Waals surface area contributed by atoms with Crippen LogP contribution in [0, 0.1) is 0 Å². The molecule has 1 aliphatic heterocycles. The second kappa shape index (κ2) is 3.75. The summed E-state index contributed by atoms with van der Waals surface area (Å²) in [6.07, 6.45) is 0. The number of hydrogen-bond donors (Lipinski definition) is 1. The molecule has 0 aliphatic carbocycles. The molecule has 1 atom stereocenters. The molecule has 1 aliphatic rings. The predicted octanol–water partition coefficient (Wildman–Crippen LogP) is 3.26. The van der Waals surface area contributed by atoms with E-state index in [4.69, 9.17) is 4.74 Å². The zero-order valence-electron chi connectivity index (χ0n) is 8.96. The summed E-state index contributed by atoms with van der Waals surface area (Å²) in [5.41, 5.74) is 1.24. The molecule has 82 valence electrons. The van der Waals surface area contributed by atoms with Crippen LogP contribution in [-0.2, 0) is 0 Å². The molecule has 0 radical (unpaired) electrons. The Hall–Kier alpha value is -1.06. The van der Waals surface area contributed by atoms with Gasteiger partial charge in [-0.1, -0.05) is 24.3 Å². The maximum absolute atomic E-state index is 5.73. The molecule has 16 heavy (non-hydrogen) atoms. The van der Waals surface area contributed by atoms with Gasteiger partial charge in [0.05, 0.1) is 10.5 Å². The first kappa shape index (κ1) is 10.1. The Kier molecular flexibility index (Phi) is 2.37. The molecule has 0 fully saturated rings. The van der Waals surface area contributed by atoms with Crippen molar-refractivity contribution in [2.45, 2.75) is 6.04 Å². The van der Waals surface area contributed by atoms with Gasteiger partial charge >= 0.3 is 0 Å². The average molecular weight is 278 g/mol. The van der Waals surface area contributed by atoms with Gasteiger partial charge in [0.15, 0.2) is 0 Å². The molecular weight excluding hydrogens is 266 g/mol. The van der Waals surface area contributed by atoms with E-state index in [9.17, 15) is 0 Å². The lowest BCUT2D eigenvalue weighted by Gasteiger charge is -2.09. The molecule has 3 rings (SSSR count). The summed E-state index contributed by atoms with van der Waals surface area (Å²) in [5, 5.41) is 5.72. The van der Waals surface area contributed by atoms with E-state index in [-0.39, 0.29) is 0 Å². The quantitative estimate of drug-likeness (QED) is 0.864. The van der Waals surface area contributed by atoms with Gasteiger partial charge in [-0.15, -0.1) is 0 Å². The van der Waals surface area contributed by atoms with Crippen molar-refractivity contribution in [1.29, 1.82) is 0 Å². The molecule has 1 N–H and O–H groups in total. The van der Waals surface area contributed by atoms with Crippen LogP contribution in [0.15, 0.2) is 34.8 Å². The summed E-state index contributed by atoms with van der Waals surface area (Å²) in [5.74, 6) is 0.984. The van der Waals surface area contributed by atoms with Crippen LogP contribution in [0.4, 0.5) is 0 Å². The highest BCUT2D eigenvalue weighted by Gasteiger charge is 2.25. The number of hydrogen-bond acceptors (Lipinski definition) is 2. The van der Waals surface area contributed by atoms with E-state index in [1.54, 1.807) is 0 Å². The lowest BCUT2D eigenvalue weighted by molar-refractivity contribution is 0.317. The second-order valence-electron chi connectivity index (χ2n) is 3.98. The summed E-state index contributed by atoms with van der Waals surface area (Å²) in [7, 11) is 1.96. The topological polar surface area (TPSA) is 21.3 Å². The van der Waals surface area contributed by atoms with Crippen LogP contribution in [0.3, 0.4) is 0 Å². The highest BCUT2D eigenvalue weighted by atomic mass is 79.9. The molecule has 0 spiro atoms.